The van der Waals surface area contributed by atoms with E-state index in [1.807, 2.05) is 14.1 Å². The average molecular weight is 221 g/mol. The van der Waals surface area contributed by atoms with E-state index in [4.69, 9.17) is 5.73 Å². The zero-order chi connectivity index (χ0) is 11.5. The van der Waals surface area contributed by atoms with Crippen LogP contribution in [0.25, 0.3) is 0 Å². The molecule has 0 atom stereocenters. The van der Waals surface area contributed by atoms with E-state index in [1.165, 1.54) is 0 Å². The molecule has 0 aliphatic heterocycles. The summed E-state index contributed by atoms with van der Waals surface area (Å²) in [6.45, 7) is 0. The summed E-state index contributed by atoms with van der Waals surface area (Å²) in [6.07, 6.45) is 0.365. The van der Waals surface area contributed by atoms with Crippen LogP contribution in [0.2, 0.25) is 0 Å². The van der Waals surface area contributed by atoms with Crippen LogP contribution in [0.15, 0.2) is 0 Å². The number of aromatic nitrogens is 7. The quantitative estimate of drug-likeness (QED) is 0.650. The Kier molecular flexibility index (Phi) is 2.58. The minimum Gasteiger partial charge on any atom is -0.368 e. The van der Waals surface area contributed by atoms with Gasteiger partial charge in [-0.3, -0.25) is 0 Å². The average Bonchev–Trinajstić information content (AvgIpc) is 2.69. The number of hydrogen-bond donors (Lipinski definition) is 2. The van der Waals surface area contributed by atoms with E-state index >= 15 is 0 Å². The van der Waals surface area contributed by atoms with E-state index in [1.54, 1.807) is 4.90 Å². The molecule has 0 unspecified atom stereocenters. The van der Waals surface area contributed by atoms with Gasteiger partial charge in [-0.25, -0.2) is 0 Å². The van der Waals surface area contributed by atoms with Gasteiger partial charge in [-0.2, -0.15) is 20.2 Å². The second-order valence-electron chi connectivity index (χ2n) is 3.31. The molecule has 2 heterocycles. The lowest BCUT2D eigenvalue weighted by Gasteiger charge is -2.10. The molecule has 0 aliphatic carbocycles. The van der Waals surface area contributed by atoms with Gasteiger partial charge < -0.3 is 10.6 Å². The highest BCUT2D eigenvalue weighted by atomic mass is 15.5. The summed E-state index contributed by atoms with van der Waals surface area (Å²) in [5.41, 5.74) is 5.57. The lowest BCUT2D eigenvalue weighted by Crippen LogP contribution is -2.16. The van der Waals surface area contributed by atoms with Crippen LogP contribution in [-0.2, 0) is 6.42 Å². The van der Waals surface area contributed by atoms with Crippen LogP contribution in [0.3, 0.4) is 0 Å². The van der Waals surface area contributed by atoms with Gasteiger partial charge in [-0.05, 0) is 0 Å². The Labute approximate surface area is 91.1 Å². The van der Waals surface area contributed by atoms with Crippen molar-refractivity contribution in [3.05, 3.63) is 11.6 Å². The van der Waals surface area contributed by atoms with E-state index < -0.39 is 0 Å². The van der Waals surface area contributed by atoms with Crippen molar-refractivity contribution in [3.8, 4) is 0 Å². The van der Waals surface area contributed by atoms with Crippen molar-refractivity contribution in [2.45, 2.75) is 6.42 Å². The number of nitrogens with two attached hydrogens (primary N) is 1. The van der Waals surface area contributed by atoms with Gasteiger partial charge in [-0.15, -0.1) is 10.2 Å². The highest BCUT2D eigenvalue weighted by Gasteiger charge is 2.08. The molecule has 0 aromatic carbocycles. The smallest absolute Gasteiger partial charge is 0.229 e. The van der Waals surface area contributed by atoms with Gasteiger partial charge in [0.1, 0.15) is 5.82 Å². The first kappa shape index (κ1) is 10.2. The van der Waals surface area contributed by atoms with Crippen molar-refractivity contribution in [2.75, 3.05) is 24.7 Å². The van der Waals surface area contributed by atoms with Crippen LogP contribution >= 0.6 is 0 Å². The van der Waals surface area contributed by atoms with Gasteiger partial charge in [0.05, 0.1) is 6.42 Å². The predicted octanol–water partition coefficient (Wildman–Crippen LogP) is -1.38. The summed E-state index contributed by atoms with van der Waals surface area (Å²) in [5.74, 6) is 1.70. The first-order valence-electron chi connectivity index (χ1n) is 4.55. The van der Waals surface area contributed by atoms with E-state index in [-0.39, 0.29) is 5.95 Å². The number of hydrogen-bond acceptors (Lipinski definition) is 8. The fourth-order valence-corrected chi connectivity index (χ4v) is 1.10. The van der Waals surface area contributed by atoms with Crippen LogP contribution in [0.1, 0.15) is 11.6 Å². The molecule has 9 heteroatoms. The Morgan fingerprint density at radius 2 is 2.00 bits per heavy atom. The first-order valence-corrected chi connectivity index (χ1v) is 4.55. The van der Waals surface area contributed by atoms with Crippen molar-refractivity contribution in [3.63, 3.8) is 0 Å². The molecule has 0 saturated heterocycles. The zero-order valence-electron chi connectivity index (χ0n) is 8.91. The van der Waals surface area contributed by atoms with Crippen molar-refractivity contribution in [1.82, 2.24) is 35.6 Å². The van der Waals surface area contributed by atoms with Crippen LogP contribution in [-0.4, -0.2) is 49.7 Å². The SMILES string of the molecule is CN(C)c1nc(N)nc(Cc2nn[nH]n2)n1. The molecule has 16 heavy (non-hydrogen) atoms. The molecule has 0 spiro atoms. The number of aromatic amines is 1. The highest BCUT2D eigenvalue weighted by molar-refractivity contribution is 5.32. The fraction of sp³-hybridized carbons (Fsp3) is 0.429. The minimum absolute atomic E-state index is 0.178. The van der Waals surface area contributed by atoms with Crippen LogP contribution in [0, 0.1) is 0 Å². The molecular formula is C7H11N9. The maximum Gasteiger partial charge on any atom is 0.229 e. The summed E-state index contributed by atoms with van der Waals surface area (Å²) in [4.78, 5) is 13.9. The number of tetrazole rings is 1. The standard InChI is InChI=1S/C7H11N9/c1-16(2)7-10-4(9-6(8)11-7)3-5-12-14-15-13-5/h3H2,1-2H3,(H2,8,9,10,11)(H,12,13,14,15). The number of nitrogens with zero attached hydrogens (tertiary/aromatic N) is 7. The van der Waals surface area contributed by atoms with E-state index in [9.17, 15) is 0 Å². The summed E-state index contributed by atoms with van der Waals surface area (Å²) in [7, 11) is 3.65. The van der Waals surface area contributed by atoms with Gasteiger partial charge in [0.15, 0.2) is 5.82 Å². The second kappa shape index (κ2) is 4.04. The number of nitrogens with one attached hydrogen (secondary N) is 1. The fourth-order valence-electron chi connectivity index (χ4n) is 1.10. The normalized spacial score (nSPS) is 10.4. The minimum atomic E-state index is 0.178. The summed E-state index contributed by atoms with van der Waals surface area (Å²) >= 11 is 0. The molecule has 2 rings (SSSR count). The van der Waals surface area contributed by atoms with Gasteiger partial charge in [0, 0.05) is 14.1 Å². The molecule has 0 aliphatic rings. The third-order valence-electron chi connectivity index (χ3n) is 1.79. The predicted molar refractivity (Wildman–Crippen MR) is 55.6 cm³/mol. The Morgan fingerprint density at radius 3 is 2.62 bits per heavy atom. The van der Waals surface area contributed by atoms with Gasteiger partial charge in [0.2, 0.25) is 11.9 Å². The monoisotopic (exact) mass is 221 g/mol. The number of H-pyrrole nitrogens is 1. The second-order valence-corrected chi connectivity index (χ2v) is 3.31. The maximum atomic E-state index is 5.57. The Bertz CT molecular complexity index is 463. The molecule has 0 amide bonds. The van der Waals surface area contributed by atoms with Crippen molar-refractivity contribution in [2.24, 2.45) is 0 Å². The van der Waals surface area contributed by atoms with Crippen molar-refractivity contribution < 1.29 is 0 Å². The molecule has 0 saturated carbocycles. The lowest BCUT2D eigenvalue weighted by atomic mass is 10.4. The molecule has 0 radical (unpaired) electrons. The number of nitrogen functional groups attached to an aromatic ring is 1. The van der Waals surface area contributed by atoms with E-state index in [2.05, 4.69) is 35.6 Å². The topological polar surface area (TPSA) is 122 Å². The first-order chi connectivity index (χ1) is 7.65. The maximum absolute atomic E-state index is 5.57. The summed E-state index contributed by atoms with van der Waals surface area (Å²) < 4.78 is 0. The largest absolute Gasteiger partial charge is 0.368 e. The molecule has 3 N–H and O–H groups in total. The molecular weight excluding hydrogens is 210 g/mol. The van der Waals surface area contributed by atoms with Crippen molar-refractivity contribution >= 4 is 11.9 Å². The molecule has 84 valence electrons. The number of anilines is 2. The summed E-state index contributed by atoms with van der Waals surface area (Å²) in [6, 6.07) is 0. The Hall–Kier alpha value is -2.32. The molecule has 2 aromatic heterocycles. The third-order valence-corrected chi connectivity index (χ3v) is 1.79. The van der Waals surface area contributed by atoms with Crippen LogP contribution in [0.4, 0.5) is 11.9 Å². The van der Waals surface area contributed by atoms with Gasteiger partial charge in [-0.1, -0.05) is 5.21 Å². The third kappa shape index (κ3) is 2.19. The van der Waals surface area contributed by atoms with Crippen LogP contribution < -0.4 is 10.6 Å². The van der Waals surface area contributed by atoms with E-state index in [0.29, 0.717) is 24.0 Å². The zero-order valence-corrected chi connectivity index (χ0v) is 8.91. The van der Waals surface area contributed by atoms with E-state index in [0.717, 1.165) is 0 Å². The molecule has 0 fully saturated rings. The Balaban J connectivity index is 2.27. The molecule has 0 bridgehead atoms. The molecule has 9 nitrogen and oxygen atoms in total. The van der Waals surface area contributed by atoms with Crippen LogP contribution in [0.5, 0.6) is 0 Å². The van der Waals surface area contributed by atoms with Crippen molar-refractivity contribution in [1.29, 1.82) is 0 Å². The van der Waals surface area contributed by atoms with Gasteiger partial charge in [0.25, 0.3) is 0 Å². The lowest BCUT2D eigenvalue weighted by molar-refractivity contribution is 0.856. The number of rotatable bonds is 3. The Morgan fingerprint density at radius 1 is 1.19 bits per heavy atom. The molecule has 2 aromatic rings. The highest BCUT2D eigenvalue weighted by Crippen LogP contribution is 2.07. The van der Waals surface area contributed by atoms with Gasteiger partial charge >= 0.3 is 0 Å². The summed E-state index contributed by atoms with van der Waals surface area (Å²) in [5, 5.41) is 13.4.